The molecule has 0 aliphatic rings. The van der Waals surface area contributed by atoms with Gasteiger partial charge in [0.2, 0.25) is 0 Å². The van der Waals surface area contributed by atoms with Crippen LogP contribution in [0.25, 0.3) is 11.0 Å². The molecular weight excluding hydrogens is 320 g/mol. The molecule has 1 N–H and O–H groups in total. The van der Waals surface area contributed by atoms with Crippen molar-refractivity contribution in [3.8, 4) is 0 Å². The molecule has 0 aliphatic carbocycles. The van der Waals surface area contributed by atoms with Crippen molar-refractivity contribution in [1.82, 2.24) is 9.55 Å². The molecule has 3 aromatic rings. The lowest BCUT2D eigenvalue weighted by molar-refractivity contribution is -0.00000654. The zero-order valence-corrected chi connectivity index (χ0v) is 15.2. The van der Waals surface area contributed by atoms with Gasteiger partial charge < -0.3 is 22.1 Å². The third kappa shape index (κ3) is 3.63. The molecule has 0 saturated heterocycles. The van der Waals surface area contributed by atoms with E-state index in [4.69, 9.17) is 0 Å². The molecule has 128 valence electrons. The fourth-order valence-corrected chi connectivity index (χ4v) is 2.89. The van der Waals surface area contributed by atoms with Crippen LogP contribution in [0.15, 0.2) is 48.5 Å². The fraction of sp³-hybridized carbons (Fsp3) is 0.350. The molecule has 0 aliphatic heterocycles. The highest BCUT2D eigenvalue weighted by atomic mass is 35.5. The molecule has 0 bridgehead atoms. The summed E-state index contributed by atoms with van der Waals surface area (Å²) >= 11 is 0. The van der Waals surface area contributed by atoms with Crippen molar-refractivity contribution in [2.24, 2.45) is 0 Å². The number of hydrogen-bond donors (Lipinski definition) is 1. The Labute approximate surface area is 149 Å². The quantitative estimate of drug-likeness (QED) is 0.765. The number of fused-ring (bicyclic) bond motifs is 1. The van der Waals surface area contributed by atoms with Gasteiger partial charge >= 0.3 is 0 Å². The fourth-order valence-electron chi connectivity index (χ4n) is 2.89. The number of para-hydroxylation sites is 2. The third-order valence-electron chi connectivity index (χ3n) is 4.36. The lowest BCUT2D eigenvalue weighted by Gasteiger charge is -2.13. The first kappa shape index (κ1) is 18.5. The third-order valence-corrected chi connectivity index (χ3v) is 4.36. The number of aliphatic hydroxyl groups is 1. The summed E-state index contributed by atoms with van der Waals surface area (Å²) in [4.78, 5) is 4.64. The average Bonchev–Trinajstić information content (AvgIpc) is 2.93. The lowest BCUT2D eigenvalue weighted by atomic mass is 10.0. The van der Waals surface area contributed by atoms with E-state index < -0.39 is 6.10 Å². The standard InChI is InChI=1S/C20H24N2O.ClH/c1-4-19(23)20-21-17-7-5-6-8-18(17)22(20)13-15-9-11-16(12-10-15)14(2)3;/h5-12,14,19,23H,4,13H2,1-3H3;1H/p-1. The second-order valence-electron chi connectivity index (χ2n) is 6.37. The zero-order chi connectivity index (χ0) is 16.4. The summed E-state index contributed by atoms with van der Waals surface area (Å²) in [5.74, 6) is 1.29. The van der Waals surface area contributed by atoms with Crippen LogP contribution in [-0.4, -0.2) is 14.7 Å². The van der Waals surface area contributed by atoms with Crippen LogP contribution in [0.4, 0.5) is 0 Å². The average molecular weight is 344 g/mol. The Morgan fingerprint density at radius 3 is 2.33 bits per heavy atom. The molecule has 1 aromatic heterocycles. The Kier molecular flexibility index (Phi) is 6.03. The van der Waals surface area contributed by atoms with Crippen LogP contribution >= 0.6 is 0 Å². The molecule has 1 unspecified atom stereocenters. The van der Waals surface area contributed by atoms with Crippen molar-refractivity contribution >= 4 is 11.0 Å². The summed E-state index contributed by atoms with van der Waals surface area (Å²) in [5, 5.41) is 10.3. The normalized spacial score (nSPS) is 12.4. The largest absolute Gasteiger partial charge is 1.00 e. The van der Waals surface area contributed by atoms with Gasteiger partial charge in [-0.15, -0.1) is 0 Å². The Balaban J connectivity index is 0.00000208. The van der Waals surface area contributed by atoms with Crippen LogP contribution in [0.3, 0.4) is 0 Å². The summed E-state index contributed by atoms with van der Waals surface area (Å²) in [6.07, 6.45) is 0.132. The number of benzene rings is 2. The predicted molar refractivity (Wildman–Crippen MR) is 94.6 cm³/mol. The van der Waals surface area contributed by atoms with E-state index in [1.807, 2.05) is 25.1 Å². The predicted octanol–water partition coefficient (Wildman–Crippen LogP) is 1.66. The van der Waals surface area contributed by atoms with Gasteiger partial charge in [-0.3, -0.25) is 0 Å². The number of imidazole rings is 1. The zero-order valence-electron chi connectivity index (χ0n) is 14.4. The number of aliphatic hydroxyl groups excluding tert-OH is 1. The van der Waals surface area contributed by atoms with Crippen molar-refractivity contribution in [3.05, 3.63) is 65.5 Å². The minimum Gasteiger partial charge on any atom is -1.00 e. The van der Waals surface area contributed by atoms with Gasteiger partial charge in [0.05, 0.1) is 11.0 Å². The second-order valence-corrected chi connectivity index (χ2v) is 6.37. The van der Waals surface area contributed by atoms with E-state index in [2.05, 4.69) is 53.7 Å². The van der Waals surface area contributed by atoms with Gasteiger partial charge in [-0.2, -0.15) is 0 Å². The van der Waals surface area contributed by atoms with Gasteiger partial charge in [-0.1, -0.05) is 57.2 Å². The Morgan fingerprint density at radius 1 is 1.04 bits per heavy atom. The number of rotatable bonds is 5. The van der Waals surface area contributed by atoms with Crippen LogP contribution in [0.5, 0.6) is 0 Å². The molecule has 1 heterocycles. The molecule has 24 heavy (non-hydrogen) atoms. The molecule has 2 aromatic carbocycles. The molecule has 0 spiro atoms. The summed E-state index contributed by atoms with van der Waals surface area (Å²) in [6.45, 7) is 7.11. The summed E-state index contributed by atoms with van der Waals surface area (Å²) in [6, 6.07) is 16.8. The van der Waals surface area contributed by atoms with Crippen LogP contribution in [0, 0.1) is 0 Å². The molecule has 4 heteroatoms. The highest BCUT2D eigenvalue weighted by molar-refractivity contribution is 5.76. The number of halogens is 1. The molecule has 0 amide bonds. The Hall–Kier alpha value is -1.84. The van der Waals surface area contributed by atoms with Crippen LogP contribution < -0.4 is 12.4 Å². The maximum atomic E-state index is 10.3. The maximum absolute atomic E-state index is 10.3. The molecule has 0 saturated carbocycles. The first-order valence-corrected chi connectivity index (χ1v) is 8.32. The molecule has 3 rings (SSSR count). The lowest BCUT2D eigenvalue weighted by Crippen LogP contribution is -3.00. The van der Waals surface area contributed by atoms with Gasteiger partial charge in [-0.05, 0) is 35.6 Å². The topological polar surface area (TPSA) is 38.1 Å². The first-order valence-electron chi connectivity index (χ1n) is 8.32. The Bertz CT molecular complexity index is 793. The minimum atomic E-state index is -0.530. The second kappa shape index (κ2) is 7.82. The van der Waals surface area contributed by atoms with Gasteiger partial charge in [-0.25, -0.2) is 4.98 Å². The van der Waals surface area contributed by atoms with Crippen molar-refractivity contribution in [2.45, 2.75) is 45.8 Å². The number of hydrogen-bond acceptors (Lipinski definition) is 2. The first-order chi connectivity index (χ1) is 11.1. The van der Waals surface area contributed by atoms with E-state index in [9.17, 15) is 5.11 Å². The van der Waals surface area contributed by atoms with Gasteiger partial charge in [0, 0.05) is 6.54 Å². The van der Waals surface area contributed by atoms with Gasteiger partial charge in [0.1, 0.15) is 11.9 Å². The van der Waals surface area contributed by atoms with Crippen molar-refractivity contribution in [1.29, 1.82) is 0 Å². The van der Waals surface area contributed by atoms with E-state index in [1.165, 1.54) is 11.1 Å². The number of aromatic nitrogens is 2. The smallest absolute Gasteiger partial charge is 0.139 e. The van der Waals surface area contributed by atoms with Crippen molar-refractivity contribution in [3.63, 3.8) is 0 Å². The SMILES string of the molecule is CCC(O)c1nc2ccccc2n1Cc1ccc(C(C)C)cc1.[Cl-]. The van der Waals surface area contributed by atoms with Gasteiger partial charge in [0.15, 0.2) is 0 Å². The maximum Gasteiger partial charge on any atom is 0.139 e. The summed E-state index contributed by atoms with van der Waals surface area (Å²) < 4.78 is 2.13. The highest BCUT2D eigenvalue weighted by Crippen LogP contribution is 2.24. The van der Waals surface area contributed by atoms with Crippen molar-refractivity contribution in [2.75, 3.05) is 0 Å². The minimum absolute atomic E-state index is 0. The summed E-state index contributed by atoms with van der Waals surface area (Å²) in [7, 11) is 0. The molecule has 0 radical (unpaired) electrons. The van der Waals surface area contributed by atoms with E-state index in [-0.39, 0.29) is 12.4 Å². The molecule has 0 fully saturated rings. The van der Waals surface area contributed by atoms with E-state index in [0.29, 0.717) is 12.3 Å². The highest BCUT2D eigenvalue weighted by Gasteiger charge is 2.16. The molecule has 1 atom stereocenters. The number of nitrogens with zero attached hydrogens (tertiary/aromatic N) is 2. The van der Waals surface area contributed by atoms with Gasteiger partial charge in [0.25, 0.3) is 0 Å². The van der Waals surface area contributed by atoms with Crippen LogP contribution in [0.2, 0.25) is 0 Å². The molecule has 3 nitrogen and oxygen atoms in total. The summed E-state index contributed by atoms with van der Waals surface area (Å²) in [5.41, 5.74) is 4.58. The van der Waals surface area contributed by atoms with E-state index in [0.717, 1.165) is 23.4 Å². The molecular formula is C20H24ClN2O-. The monoisotopic (exact) mass is 343 g/mol. The van der Waals surface area contributed by atoms with E-state index in [1.54, 1.807) is 0 Å². The Morgan fingerprint density at radius 2 is 1.71 bits per heavy atom. The van der Waals surface area contributed by atoms with E-state index >= 15 is 0 Å². The van der Waals surface area contributed by atoms with Crippen LogP contribution in [0.1, 0.15) is 56.2 Å². The van der Waals surface area contributed by atoms with Crippen LogP contribution in [-0.2, 0) is 6.54 Å². The van der Waals surface area contributed by atoms with Crippen molar-refractivity contribution < 1.29 is 17.5 Å².